The Morgan fingerprint density at radius 3 is 2.22 bits per heavy atom. The summed E-state index contributed by atoms with van der Waals surface area (Å²) in [5, 5.41) is 2.89. The topological polar surface area (TPSA) is 86.8 Å². The first-order valence-corrected chi connectivity index (χ1v) is 13.9. The Morgan fingerprint density at radius 2 is 1.59 bits per heavy atom. The van der Waals surface area contributed by atoms with Crippen LogP contribution in [-0.2, 0) is 32.6 Å². The number of nitrogens with zero attached hydrogens (tertiary/aromatic N) is 2. The predicted molar refractivity (Wildman–Crippen MR) is 143 cm³/mol. The summed E-state index contributed by atoms with van der Waals surface area (Å²) < 4.78 is 41.0. The van der Waals surface area contributed by atoms with E-state index in [-0.39, 0.29) is 29.2 Å². The van der Waals surface area contributed by atoms with Gasteiger partial charge in [-0.25, -0.2) is 12.8 Å². The van der Waals surface area contributed by atoms with E-state index >= 15 is 0 Å². The molecule has 3 rings (SSSR count). The second kappa shape index (κ2) is 12.7. The number of carbonyl (C=O) groups excluding carboxylic acids is 2. The van der Waals surface area contributed by atoms with Gasteiger partial charge >= 0.3 is 0 Å². The highest BCUT2D eigenvalue weighted by molar-refractivity contribution is 7.92. The fourth-order valence-electron chi connectivity index (χ4n) is 3.90. The molecule has 0 saturated heterocycles. The minimum atomic E-state index is -3.94. The highest BCUT2D eigenvalue weighted by Crippen LogP contribution is 2.28. The van der Waals surface area contributed by atoms with Gasteiger partial charge in [0, 0.05) is 25.1 Å². The van der Waals surface area contributed by atoms with E-state index in [0.717, 1.165) is 16.1 Å². The molecule has 0 aliphatic carbocycles. The Hall–Kier alpha value is -3.43. The van der Waals surface area contributed by atoms with Crippen molar-refractivity contribution in [3.8, 4) is 0 Å². The first-order valence-electron chi connectivity index (χ1n) is 11.7. The number of hydrogen-bond donors (Lipinski definition) is 1. The number of rotatable bonds is 11. The number of anilines is 1. The lowest BCUT2D eigenvalue weighted by Gasteiger charge is -2.33. The summed E-state index contributed by atoms with van der Waals surface area (Å²) in [6, 6.07) is 20.3. The van der Waals surface area contributed by atoms with E-state index in [4.69, 9.17) is 11.6 Å². The summed E-state index contributed by atoms with van der Waals surface area (Å²) in [4.78, 5) is 28.3. The van der Waals surface area contributed by atoms with Crippen LogP contribution >= 0.6 is 11.6 Å². The fraction of sp³-hybridized carbons (Fsp3) is 0.259. The smallest absolute Gasteiger partial charge is 0.244 e. The van der Waals surface area contributed by atoms with Gasteiger partial charge in [-0.3, -0.25) is 13.9 Å². The maximum Gasteiger partial charge on any atom is 0.244 e. The molecular formula is C27H29ClFN3O4S. The minimum absolute atomic E-state index is 0.128. The van der Waals surface area contributed by atoms with Gasteiger partial charge in [0.05, 0.1) is 17.0 Å². The molecule has 7 nitrogen and oxygen atoms in total. The molecule has 0 bridgehead atoms. The Balaban J connectivity index is 2.06. The van der Waals surface area contributed by atoms with E-state index in [0.29, 0.717) is 6.54 Å². The largest absolute Gasteiger partial charge is 0.355 e. The Bertz CT molecular complexity index is 1340. The number of para-hydroxylation sites is 1. The summed E-state index contributed by atoms with van der Waals surface area (Å²) in [6.07, 6.45) is 1.12. The van der Waals surface area contributed by atoms with Gasteiger partial charge in [0.15, 0.2) is 0 Å². The van der Waals surface area contributed by atoms with Gasteiger partial charge in [0.1, 0.15) is 18.4 Å². The lowest BCUT2D eigenvalue weighted by atomic mass is 10.0. The van der Waals surface area contributed by atoms with E-state index < -0.39 is 40.2 Å². The molecule has 196 valence electrons. The Labute approximate surface area is 221 Å². The van der Waals surface area contributed by atoms with E-state index in [2.05, 4.69) is 5.32 Å². The van der Waals surface area contributed by atoms with Crippen molar-refractivity contribution in [1.29, 1.82) is 0 Å². The average Bonchev–Trinajstić information content (AvgIpc) is 2.86. The summed E-state index contributed by atoms with van der Waals surface area (Å²) in [5.74, 6) is -1.65. The molecule has 3 aromatic carbocycles. The summed E-state index contributed by atoms with van der Waals surface area (Å²) in [6.45, 7) is 1.21. The van der Waals surface area contributed by atoms with Crippen LogP contribution in [0.15, 0.2) is 78.9 Å². The molecule has 0 fully saturated rings. The molecule has 10 heteroatoms. The Kier molecular flexibility index (Phi) is 9.66. The average molecular weight is 546 g/mol. The molecular weight excluding hydrogens is 517 g/mol. The molecule has 0 aliphatic rings. The van der Waals surface area contributed by atoms with Gasteiger partial charge in [-0.05, 0) is 30.7 Å². The molecule has 0 aliphatic heterocycles. The second-order valence-electron chi connectivity index (χ2n) is 8.43. The van der Waals surface area contributed by atoms with Crippen LogP contribution in [0.2, 0.25) is 5.02 Å². The number of likely N-dealkylation sites (N-methyl/N-ethyl adjacent to an activating group) is 1. The molecule has 1 atom stereocenters. The van der Waals surface area contributed by atoms with Crippen molar-refractivity contribution >= 4 is 39.1 Å². The van der Waals surface area contributed by atoms with Crippen molar-refractivity contribution in [1.82, 2.24) is 10.2 Å². The normalized spacial score (nSPS) is 12.0. The number of carbonyl (C=O) groups is 2. The molecule has 1 N–H and O–H groups in total. The van der Waals surface area contributed by atoms with Crippen molar-refractivity contribution < 1.29 is 22.4 Å². The molecule has 0 spiro atoms. The van der Waals surface area contributed by atoms with E-state index in [1.807, 2.05) is 30.3 Å². The van der Waals surface area contributed by atoms with Gasteiger partial charge < -0.3 is 10.2 Å². The SMILES string of the molecule is CCNC(=O)C(Cc1ccccc1)N(Cc1ccccc1F)C(=O)CN(c1ccccc1Cl)S(C)(=O)=O. The summed E-state index contributed by atoms with van der Waals surface area (Å²) >= 11 is 6.26. The van der Waals surface area contributed by atoms with Crippen molar-refractivity contribution in [2.75, 3.05) is 23.7 Å². The summed E-state index contributed by atoms with van der Waals surface area (Å²) in [7, 11) is -3.94. The maximum atomic E-state index is 14.7. The van der Waals surface area contributed by atoms with Gasteiger partial charge in [-0.1, -0.05) is 72.3 Å². The van der Waals surface area contributed by atoms with Crippen LogP contribution in [0, 0.1) is 5.82 Å². The van der Waals surface area contributed by atoms with Crippen LogP contribution in [0.5, 0.6) is 0 Å². The zero-order valence-electron chi connectivity index (χ0n) is 20.6. The third kappa shape index (κ3) is 7.53. The standard InChI is InChI=1S/C27H29ClFN3O4S/c1-3-30-27(34)25(17-20-11-5-4-6-12-20)31(18-21-13-7-9-15-23(21)29)26(33)19-32(37(2,35)36)24-16-10-8-14-22(24)28/h4-16,25H,3,17-19H2,1-2H3,(H,30,34). The number of benzene rings is 3. The van der Waals surface area contributed by atoms with Crippen molar-refractivity contribution in [3.05, 3.63) is 101 Å². The highest BCUT2D eigenvalue weighted by atomic mass is 35.5. The van der Waals surface area contributed by atoms with Crippen LogP contribution in [0.4, 0.5) is 10.1 Å². The molecule has 37 heavy (non-hydrogen) atoms. The second-order valence-corrected chi connectivity index (χ2v) is 10.7. The first kappa shape index (κ1) is 28.1. The Morgan fingerprint density at radius 1 is 0.973 bits per heavy atom. The lowest BCUT2D eigenvalue weighted by molar-refractivity contribution is -0.140. The zero-order chi connectivity index (χ0) is 27.0. The van der Waals surface area contributed by atoms with Gasteiger partial charge in [0.2, 0.25) is 21.8 Å². The van der Waals surface area contributed by atoms with Crippen molar-refractivity contribution in [2.24, 2.45) is 0 Å². The number of amides is 2. The van der Waals surface area contributed by atoms with Crippen LogP contribution in [0.1, 0.15) is 18.1 Å². The predicted octanol–water partition coefficient (Wildman–Crippen LogP) is 4.02. The van der Waals surface area contributed by atoms with Crippen molar-refractivity contribution in [3.63, 3.8) is 0 Å². The lowest BCUT2D eigenvalue weighted by Crippen LogP contribution is -2.53. The summed E-state index contributed by atoms with van der Waals surface area (Å²) in [5.41, 5.74) is 1.11. The number of halogens is 2. The molecule has 3 aromatic rings. The van der Waals surface area contributed by atoms with Gasteiger partial charge in [-0.15, -0.1) is 0 Å². The van der Waals surface area contributed by atoms with Crippen molar-refractivity contribution in [2.45, 2.75) is 25.9 Å². The van der Waals surface area contributed by atoms with Gasteiger partial charge in [0.25, 0.3) is 0 Å². The monoisotopic (exact) mass is 545 g/mol. The first-order chi connectivity index (χ1) is 17.6. The van der Waals surface area contributed by atoms with Crippen LogP contribution < -0.4 is 9.62 Å². The van der Waals surface area contributed by atoms with Crippen LogP contribution in [-0.4, -0.2) is 50.5 Å². The van der Waals surface area contributed by atoms with Crippen LogP contribution in [0.25, 0.3) is 0 Å². The third-order valence-corrected chi connectivity index (χ3v) is 7.17. The highest BCUT2D eigenvalue weighted by Gasteiger charge is 2.33. The molecule has 1 unspecified atom stereocenters. The third-order valence-electron chi connectivity index (χ3n) is 5.72. The van der Waals surface area contributed by atoms with E-state index in [9.17, 15) is 22.4 Å². The molecule has 0 heterocycles. The number of hydrogen-bond acceptors (Lipinski definition) is 4. The fourth-order valence-corrected chi connectivity index (χ4v) is 5.05. The molecule has 0 saturated carbocycles. The maximum absolute atomic E-state index is 14.7. The zero-order valence-corrected chi connectivity index (χ0v) is 22.2. The minimum Gasteiger partial charge on any atom is -0.355 e. The molecule has 2 amide bonds. The molecule has 0 aromatic heterocycles. The van der Waals surface area contributed by atoms with E-state index in [1.165, 1.54) is 35.2 Å². The molecule has 0 radical (unpaired) electrons. The van der Waals surface area contributed by atoms with E-state index in [1.54, 1.807) is 25.1 Å². The number of nitrogens with one attached hydrogen (secondary N) is 1. The van der Waals surface area contributed by atoms with Crippen LogP contribution in [0.3, 0.4) is 0 Å². The quantitative estimate of drug-likeness (QED) is 0.394. The van der Waals surface area contributed by atoms with Gasteiger partial charge in [-0.2, -0.15) is 0 Å². The number of sulfonamides is 1.